The quantitative estimate of drug-likeness (QED) is 0.304. The van der Waals surface area contributed by atoms with Gasteiger partial charge in [-0.1, -0.05) is 33.1 Å². The topological polar surface area (TPSA) is 95.8 Å². The molecule has 0 bridgehead atoms. The molecule has 4 rings (SSSR count). The molecule has 1 heterocycles. The molecule has 0 aliphatic heterocycles. The summed E-state index contributed by atoms with van der Waals surface area (Å²) in [6.45, 7) is 5.27. The molecule has 1 aliphatic carbocycles. The number of anilines is 3. The van der Waals surface area contributed by atoms with Crippen molar-refractivity contribution in [1.82, 2.24) is 4.57 Å². The average Bonchev–Trinajstić information content (AvgIpc) is 3.39. The monoisotopic (exact) mass is 504 g/mol. The number of amides is 2. The van der Waals surface area contributed by atoms with Crippen molar-refractivity contribution in [3.8, 4) is 11.4 Å². The summed E-state index contributed by atoms with van der Waals surface area (Å²) in [6.07, 6.45) is 7.60. The van der Waals surface area contributed by atoms with Crippen LogP contribution in [0.15, 0.2) is 60.8 Å². The number of rotatable bonds is 9. The van der Waals surface area contributed by atoms with Crippen LogP contribution in [0.1, 0.15) is 56.4 Å². The van der Waals surface area contributed by atoms with E-state index in [0.29, 0.717) is 34.8 Å². The first kappa shape index (κ1) is 26.1. The van der Waals surface area contributed by atoms with E-state index >= 15 is 0 Å². The van der Waals surface area contributed by atoms with Gasteiger partial charge in [-0.3, -0.25) is 0 Å². The van der Waals surface area contributed by atoms with E-state index in [1.165, 1.54) is 19.3 Å². The van der Waals surface area contributed by atoms with Crippen LogP contribution in [0.25, 0.3) is 5.69 Å². The number of ether oxygens (including phenoxy) is 1. The van der Waals surface area contributed by atoms with E-state index in [2.05, 4.69) is 29.4 Å². The summed E-state index contributed by atoms with van der Waals surface area (Å²) >= 11 is 0. The molecule has 196 valence electrons. The van der Waals surface area contributed by atoms with Crippen LogP contribution in [0.4, 0.5) is 21.9 Å². The zero-order valence-corrected chi connectivity index (χ0v) is 21.7. The highest BCUT2D eigenvalue weighted by atomic mass is 16.5. The van der Waals surface area contributed by atoms with Gasteiger partial charge in [0.25, 0.3) is 0 Å². The zero-order valence-electron chi connectivity index (χ0n) is 21.7. The van der Waals surface area contributed by atoms with E-state index in [1.807, 2.05) is 18.2 Å². The van der Waals surface area contributed by atoms with Crippen LogP contribution in [-0.2, 0) is 0 Å². The number of nitrogens with one attached hydrogen (secondary N) is 2. The molecule has 3 N–H and O–H groups in total. The first-order valence-electron chi connectivity index (χ1n) is 12.9. The Kier molecular flexibility index (Phi) is 8.38. The molecule has 0 saturated heterocycles. The first-order valence-corrected chi connectivity index (χ1v) is 12.9. The second-order valence-electron chi connectivity index (χ2n) is 9.92. The van der Waals surface area contributed by atoms with Crippen LogP contribution < -0.4 is 20.3 Å². The molecule has 8 heteroatoms. The van der Waals surface area contributed by atoms with E-state index in [9.17, 15) is 14.7 Å². The number of carboxylic acids is 1. The maximum Gasteiger partial charge on any atom is 0.352 e. The van der Waals surface area contributed by atoms with Gasteiger partial charge in [-0.05, 0) is 73.4 Å². The van der Waals surface area contributed by atoms with Crippen LogP contribution in [0, 0.1) is 5.92 Å². The third-order valence-electron chi connectivity index (χ3n) is 6.71. The smallest absolute Gasteiger partial charge is 0.352 e. The van der Waals surface area contributed by atoms with Crippen molar-refractivity contribution in [1.29, 1.82) is 0 Å². The molecular formula is C29H36N4O4. The Hall–Kier alpha value is -3.94. The molecule has 0 radical (unpaired) electrons. The van der Waals surface area contributed by atoms with Gasteiger partial charge in [0, 0.05) is 30.2 Å². The van der Waals surface area contributed by atoms with Gasteiger partial charge < -0.3 is 29.9 Å². The molecule has 0 spiro atoms. The molecule has 0 unspecified atom stereocenters. The van der Waals surface area contributed by atoms with Gasteiger partial charge in [0.15, 0.2) is 0 Å². The molecule has 1 aliphatic rings. The molecule has 3 aromatic rings. The minimum Gasteiger partial charge on any atom is -0.497 e. The number of carbonyl (C=O) groups is 2. The number of benzene rings is 2. The molecule has 2 aromatic carbocycles. The van der Waals surface area contributed by atoms with Crippen molar-refractivity contribution in [2.45, 2.75) is 52.0 Å². The molecular weight excluding hydrogens is 468 g/mol. The van der Waals surface area contributed by atoms with Crippen molar-refractivity contribution in [2.24, 2.45) is 5.92 Å². The highest BCUT2D eigenvalue weighted by Gasteiger charge is 2.25. The molecule has 37 heavy (non-hydrogen) atoms. The predicted molar refractivity (Wildman–Crippen MR) is 147 cm³/mol. The van der Waals surface area contributed by atoms with Crippen LogP contribution in [0.5, 0.6) is 5.75 Å². The van der Waals surface area contributed by atoms with Crippen molar-refractivity contribution in [3.05, 3.63) is 66.5 Å². The van der Waals surface area contributed by atoms with Gasteiger partial charge in [-0.2, -0.15) is 0 Å². The van der Waals surface area contributed by atoms with E-state index in [4.69, 9.17) is 4.74 Å². The Morgan fingerprint density at radius 2 is 1.78 bits per heavy atom. The summed E-state index contributed by atoms with van der Waals surface area (Å²) in [5.41, 5.74) is 3.05. The summed E-state index contributed by atoms with van der Waals surface area (Å²) in [4.78, 5) is 27.3. The number of nitrogens with zero attached hydrogens (tertiary/aromatic N) is 2. The largest absolute Gasteiger partial charge is 0.497 e. The third-order valence-corrected chi connectivity index (χ3v) is 6.71. The predicted octanol–water partition coefficient (Wildman–Crippen LogP) is 6.62. The highest BCUT2D eigenvalue weighted by Crippen LogP contribution is 2.35. The fourth-order valence-electron chi connectivity index (χ4n) is 4.99. The minimum atomic E-state index is -1.01. The van der Waals surface area contributed by atoms with Crippen molar-refractivity contribution in [3.63, 3.8) is 0 Å². The van der Waals surface area contributed by atoms with Crippen LogP contribution >= 0.6 is 0 Å². The van der Waals surface area contributed by atoms with Gasteiger partial charge in [-0.15, -0.1) is 0 Å². The Bertz CT molecular complexity index is 1210. The molecule has 2 amide bonds. The van der Waals surface area contributed by atoms with Crippen molar-refractivity contribution < 1.29 is 19.4 Å². The summed E-state index contributed by atoms with van der Waals surface area (Å²) in [7, 11) is 1.60. The lowest BCUT2D eigenvalue weighted by Gasteiger charge is -2.38. The number of hydrogen-bond acceptors (Lipinski definition) is 4. The lowest BCUT2D eigenvalue weighted by atomic mass is 9.93. The average molecular weight is 505 g/mol. The second-order valence-corrected chi connectivity index (χ2v) is 9.92. The highest BCUT2D eigenvalue weighted by molar-refractivity contribution is 6.02. The van der Waals surface area contributed by atoms with E-state index in [1.54, 1.807) is 54.3 Å². The Morgan fingerprint density at radius 3 is 2.43 bits per heavy atom. The fourth-order valence-corrected chi connectivity index (χ4v) is 4.99. The maximum atomic E-state index is 13.1. The van der Waals surface area contributed by atoms with Crippen LogP contribution in [0.3, 0.4) is 0 Å². The van der Waals surface area contributed by atoms with Crippen LogP contribution in [0.2, 0.25) is 0 Å². The molecule has 0 atom stereocenters. The minimum absolute atomic E-state index is 0.160. The molecule has 1 aromatic heterocycles. The number of aromatic carboxylic acids is 1. The molecule has 1 fully saturated rings. The number of methoxy groups -OCH3 is 1. The van der Waals surface area contributed by atoms with Crippen molar-refractivity contribution >= 4 is 29.1 Å². The number of carbonyl (C=O) groups excluding carboxylic acids is 1. The lowest BCUT2D eigenvalue weighted by molar-refractivity contribution is 0.0688. The summed E-state index contributed by atoms with van der Waals surface area (Å²) in [6, 6.07) is 16.2. The van der Waals surface area contributed by atoms with Crippen molar-refractivity contribution in [2.75, 3.05) is 29.2 Å². The third kappa shape index (κ3) is 6.44. The Labute approximate surface area is 218 Å². The molecule has 8 nitrogen and oxygen atoms in total. The first-order chi connectivity index (χ1) is 17.9. The summed E-state index contributed by atoms with van der Waals surface area (Å²) < 4.78 is 6.82. The number of carboxylic acid groups (broad SMARTS) is 1. The Morgan fingerprint density at radius 1 is 1.05 bits per heavy atom. The fraction of sp³-hybridized carbons (Fsp3) is 0.379. The van der Waals surface area contributed by atoms with Gasteiger partial charge in [0.2, 0.25) is 0 Å². The van der Waals surface area contributed by atoms with Gasteiger partial charge in [-0.25, -0.2) is 9.59 Å². The number of urea groups is 1. The van der Waals surface area contributed by atoms with Gasteiger partial charge in [0.1, 0.15) is 11.4 Å². The normalized spacial score (nSPS) is 13.8. The van der Waals surface area contributed by atoms with Gasteiger partial charge >= 0.3 is 12.0 Å². The van der Waals surface area contributed by atoms with E-state index < -0.39 is 5.97 Å². The number of aromatic nitrogens is 1. The maximum absolute atomic E-state index is 13.1. The van der Waals surface area contributed by atoms with E-state index in [0.717, 1.165) is 25.1 Å². The summed E-state index contributed by atoms with van der Waals surface area (Å²) in [5.74, 6) is 0.133. The zero-order chi connectivity index (χ0) is 26.4. The SMILES string of the molecule is COc1ccc(NC(=O)Nc2cc(-n3cccc3C(=O)O)ccc2N(CC(C)C)C2CCCCC2)cc1. The van der Waals surface area contributed by atoms with Crippen LogP contribution in [-0.4, -0.2) is 41.4 Å². The second kappa shape index (κ2) is 11.9. The lowest BCUT2D eigenvalue weighted by Crippen LogP contribution is -2.40. The standard InChI is InChI=1S/C29H36N4O4/c1-20(2)19-33(22-8-5-4-6-9-22)26-16-13-23(32-17-7-10-27(32)28(34)35)18-25(26)31-29(36)30-21-11-14-24(37-3)15-12-21/h7,10-18,20,22H,4-6,8-9,19H2,1-3H3,(H,34,35)(H2,30,31,36). The van der Waals surface area contributed by atoms with Gasteiger partial charge in [0.05, 0.1) is 18.5 Å². The molecule has 1 saturated carbocycles. The summed E-state index contributed by atoms with van der Waals surface area (Å²) in [5, 5.41) is 15.6. The number of hydrogen-bond donors (Lipinski definition) is 3. The Balaban J connectivity index is 1.70. The van der Waals surface area contributed by atoms with E-state index in [-0.39, 0.29) is 11.7 Å².